The van der Waals surface area contributed by atoms with E-state index in [0.29, 0.717) is 0 Å². The summed E-state index contributed by atoms with van der Waals surface area (Å²) in [7, 11) is 0. The summed E-state index contributed by atoms with van der Waals surface area (Å²) in [5, 5.41) is 2.11. The SMILES string of the molecule is c1ccc(C2(c3ccccc3)c3ccccc3-c3cc4c(cc32)Oc2cccc(-c3cccc(-c5cccs5)c3)c2O4)cc1. The number of rotatable bonds is 4. The number of hydrogen-bond acceptors (Lipinski definition) is 3. The van der Waals surface area contributed by atoms with Crippen molar-refractivity contribution in [2.75, 3.05) is 0 Å². The van der Waals surface area contributed by atoms with Crippen LogP contribution in [0.5, 0.6) is 23.0 Å². The minimum absolute atomic E-state index is 0.489. The molecule has 0 spiro atoms. The number of ether oxygens (including phenoxy) is 2. The Morgan fingerprint density at radius 2 is 1.11 bits per heavy atom. The second kappa shape index (κ2) is 9.84. The fourth-order valence-electron chi connectivity index (χ4n) is 7.05. The molecule has 0 amide bonds. The van der Waals surface area contributed by atoms with Crippen LogP contribution in [0.25, 0.3) is 32.7 Å². The molecule has 0 fully saturated rings. The third-order valence-corrected chi connectivity index (χ3v) is 9.83. The van der Waals surface area contributed by atoms with Crippen molar-refractivity contribution in [3.63, 3.8) is 0 Å². The summed E-state index contributed by atoms with van der Waals surface area (Å²) in [5.74, 6) is 2.92. The fourth-order valence-corrected chi connectivity index (χ4v) is 7.77. The monoisotopic (exact) mass is 582 g/mol. The molecule has 0 N–H and O–H groups in total. The standard InChI is InChI=1S/C41H26O2S/c1-3-14-29(15-4-1)41(30-16-5-2-6-17-30)34-20-8-7-18-32(34)33-25-37-38(26-35(33)41)42-36-21-10-19-31(40(36)43-37)27-12-9-13-28(24-27)39-22-11-23-44-39/h1-26H. The van der Waals surface area contributed by atoms with Crippen molar-refractivity contribution in [3.05, 3.63) is 179 Å². The van der Waals surface area contributed by atoms with Gasteiger partial charge in [-0.25, -0.2) is 0 Å². The minimum atomic E-state index is -0.489. The zero-order chi connectivity index (χ0) is 29.1. The average molecular weight is 583 g/mol. The molecule has 0 unspecified atom stereocenters. The van der Waals surface area contributed by atoms with E-state index >= 15 is 0 Å². The normalized spacial score (nSPS) is 13.5. The molecular weight excluding hydrogens is 557 g/mol. The Labute approximate surface area is 260 Å². The third-order valence-electron chi connectivity index (χ3n) is 8.91. The molecule has 6 aromatic carbocycles. The topological polar surface area (TPSA) is 18.5 Å². The number of fused-ring (bicyclic) bond motifs is 5. The number of benzene rings is 6. The van der Waals surface area contributed by atoms with E-state index in [0.717, 1.165) is 39.7 Å². The number of hydrogen-bond donors (Lipinski definition) is 0. The molecular formula is C41H26O2S. The summed E-state index contributed by atoms with van der Waals surface area (Å²) in [6, 6.07) is 53.8. The summed E-state index contributed by atoms with van der Waals surface area (Å²) in [5.41, 5.74) is 10.1. The quantitative estimate of drug-likeness (QED) is 0.205. The largest absolute Gasteiger partial charge is 0.449 e. The Kier molecular flexibility index (Phi) is 5.62. The Morgan fingerprint density at radius 1 is 0.432 bits per heavy atom. The molecule has 208 valence electrons. The second-order valence-corrected chi connectivity index (χ2v) is 12.2. The third kappa shape index (κ3) is 3.66. The summed E-state index contributed by atoms with van der Waals surface area (Å²) in [6.45, 7) is 0. The molecule has 1 aromatic heterocycles. The molecule has 1 aliphatic heterocycles. The van der Waals surface area contributed by atoms with Crippen molar-refractivity contribution in [3.8, 4) is 55.7 Å². The highest BCUT2D eigenvalue weighted by atomic mass is 32.1. The van der Waals surface area contributed by atoms with Crippen LogP contribution in [0, 0.1) is 0 Å². The van der Waals surface area contributed by atoms with E-state index in [-0.39, 0.29) is 0 Å². The second-order valence-electron chi connectivity index (χ2n) is 11.3. The van der Waals surface area contributed by atoms with Gasteiger partial charge in [0.2, 0.25) is 0 Å². The maximum atomic E-state index is 6.79. The molecule has 0 bridgehead atoms. The molecule has 1 aliphatic carbocycles. The maximum Gasteiger partial charge on any atom is 0.177 e. The fraction of sp³-hybridized carbons (Fsp3) is 0.0244. The molecule has 0 saturated heterocycles. The van der Waals surface area contributed by atoms with Crippen molar-refractivity contribution >= 4 is 11.3 Å². The van der Waals surface area contributed by atoms with E-state index in [1.165, 1.54) is 38.3 Å². The van der Waals surface area contributed by atoms with Gasteiger partial charge in [0.15, 0.2) is 23.0 Å². The van der Waals surface area contributed by atoms with Gasteiger partial charge in [-0.3, -0.25) is 0 Å². The molecule has 2 heterocycles. The highest BCUT2D eigenvalue weighted by Crippen LogP contribution is 2.60. The molecule has 44 heavy (non-hydrogen) atoms. The Balaban J connectivity index is 1.23. The molecule has 2 nitrogen and oxygen atoms in total. The molecule has 3 heteroatoms. The molecule has 2 aliphatic rings. The van der Waals surface area contributed by atoms with Gasteiger partial charge in [0, 0.05) is 10.4 Å². The first-order chi connectivity index (χ1) is 21.8. The molecule has 0 atom stereocenters. The van der Waals surface area contributed by atoms with E-state index in [1.54, 1.807) is 11.3 Å². The first-order valence-electron chi connectivity index (χ1n) is 14.8. The van der Waals surface area contributed by atoms with E-state index in [9.17, 15) is 0 Å². The van der Waals surface area contributed by atoms with Crippen molar-refractivity contribution in [2.24, 2.45) is 0 Å². The van der Waals surface area contributed by atoms with Gasteiger partial charge in [-0.1, -0.05) is 121 Å². The van der Waals surface area contributed by atoms with Gasteiger partial charge in [-0.15, -0.1) is 11.3 Å². The lowest BCUT2D eigenvalue weighted by atomic mass is 9.67. The predicted octanol–water partition coefficient (Wildman–Crippen LogP) is 11.3. The number of thiophene rings is 1. The first kappa shape index (κ1) is 25.1. The van der Waals surface area contributed by atoms with Crippen molar-refractivity contribution in [1.29, 1.82) is 0 Å². The van der Waals surface area contributed by atoms with Crippen molar-refractivity contribution in [2.45, 2.75) is 5.41 Å². The minimum Gasteiger partial charge on any atom is -0.449 e. The molecule has 0 saturated carbocycles. The Morgan fingerprint density at radius 3 is 1.89 bits per heavy atom. The summed E-state index contributed by atoms with van der Waals surface area (Å²) >= 11 is 1.75. The van der Waals surface area contributed by atoms with Gasteiger partial charge >= 0.3 is 0 Å². The van der Waals surface area contributed by atoms with Crippen LogP contribution >= 0.6 is 11.3 Å². The first-order valence-corrected chi connectivity index (χ1v) is 15.7. The van der Waals surface area contributed by atoms with Gasteiger partial charge in [-0.05, 0) is 80.2 Å². The highest BCUT2D eigenvalue weighted by molar-refractivity contribution is 7.13. The van der Waals surface area contributed by atoms with Crippen LogP contribution in [0.1, 0.15) is 22.3 Å². The van der Waals surface area contributed by atoms with Gasteiger partial charge < -0.3 is 9.47 Å². The van der Waals surface area contributed by atoms with Gasteiger partial charge in [0.25, 0.3) is 0 Å². The van der Waals surface area contributed by atoms with Crippen LogP contribution in [-0.2, 0) is 5.41 Å². The Hall–Kier alpha value is -5.38. The number of para-hydroxylation sites is 1. The van der Waals surface area contributed by atoms with Crippen LogP contribution in [0.2, 0.25) is 0 Å². The zero-order valence-corrected chi connectivity index (χ0v) is 24.6. The lowest BCUT2D eigenvalue weighted by molar-refractivity contribution is 0.360. The molecule has 9 rings (SSSR count). The van der Waals surface area contributed by atoms with Gasteiger partial charge in [-0.2, -0.15) is 0 Å². The Bertz CT molecular complexity index is 2130. The average Bonchev–Trinajstić information content (AvgIpc) is 3.73. The summed E-state index contributed by atoms with van der Waals surface area (Å²) in [6.07, 6.45) is 0. The van der Waals surface area contributed by atoms with E-state index < -0.39 is 5.41 Å². The van der Waals surface area contributed by atoms with E-state index in [2.05, 4.69) is 145 Å². The molecule has 7 aromatic rings. The van der Waals surface area contributed by atoms with E-state index in [4.69, 9.17) is 9.47 Å². The van der Waals surface area contributed by atoms with Gasteiger partial charge in [0.05, 0.1) is 5.41 Å². The van der Waals surface area contributed by atoms with Crippen LogP contribution in [0.4, 0.5) is 0 Å². The van der Waals surface area contributed by atoms with Gasteiger partial charge in [0.1, 0.15) is 0 Å². The van der Waals surface area contributed by atoms with Crippen molar-refractivity contribution in [1.82, 2.24) is 0 Å². The maximum absolute atomic E-state index is 6.79. The van der Waals surface area contributed by atoms with Crippen molar-refractivity contribution < 1.29 is 9.47 Å². The predicted molar refractivity (Wildman–Crippen MR) is 179 cm³/mol. The lowest BCUT2D eigenvalue weighted by Gasteiger charge is -2.34. The van der Waals surface area contributed by atoms with E-state index in [1.807, 2.05) is 12.1 Å². The smallest absolute Gasteiger partial charge is 0.177 e. The van der Waals surface area contributed by atoms with Crippen LogP contribution < -0.4 is 9.47 Å². The summed E-state index contributed by atoms with van der Waals surface area (Å²) in [4.78, 5) is 1.24. The van der Waals surface area contributed by atoms with Crippen LogP contribution in [0.15, 0.2) is 157 Å². The summed E-state index contributed by atoms with van der Waals surface area (Å²) < 4.78 is 13.5. The highest BCUT2D eigenvalue weighted by Gasteiger charge is 2.47. The van der Waals surface area contributed by atoms with Crippen LogP contribution in [0.3, 0.4) is 0 Å². The lowest BCUT2D eigenvalue weighted by Crippen LogP contribution is -2.28. The van der Waals surface area contributed by atoms with Crippen LogP contribution in [-0.4, -0.2) is 0 Å². The molecule has 0 radical (unpaired) electrons. The zero-order valence-electron chi connectivity index (χ0n) is 23.7.